The minimum absolute atomic E-state index is 0.223. The second-order valence-corrected chi connectivity index (χ2v) is 6.49. The molecule has 8 nitrogen and oxygen atoms in total. The van der Waals surface area contributed by atoms with Gasteiger partial charge in [-0.25, -0.2) is 14.6 Å². The number of nitrogens with one attached hydrogen (secondary N) is 1. The first-order valence-corrected chi connectivity index (χ1v) is 8.50. The van der Waals surface area contributed by atoms with Gasteiger partial charge in [0.25, 0.3) is 5.56 Å². The maximum absolute atomic E-state index is 12.6. The normalized spacial score (nSPS) is 15.0. The average molecular weight is 365 g/mol. The van der Waals surface area contributed by atoms with Gasteiger partial charge < -0.3 is 9.64 Å². The number of anilines is 2. The standard InChI is InChI=1S/C14H13ClN6O2S/c15-9-2-1-3-10(17-9)19-21-8-16-12-11(13(21)22)24-14(18-12)20-4-6-23-7-5-20/h1-3,8H,4-7H2,(H,17,19). The van der Waals surface area contributed by atoms with Crippen LogP contribution in [0.15, 0.2) is 29.3 Å². The van der Waals surface area contributed by atoms with Crippen molar-refractivity contribution in [1.29, 1.82) is 0 Å². The highest BCUT2D eigenvalue weighted by molar-refractivity contribution is 7.22. The van der Waals surface area contributed by atoms with Crippen LogP contribution in [0.1, 0.15) is 0 Å². The predicted octanol–water partition coefficient (Wildman–Crippen LogP) is 1.61. The zero-order valence-corrected chi connectivity index (χ0v) is 14.0. The van der Waals surface area contributed by atoms with Crippen LogP contribution in [0.3, 0.4) is 0 Å². The Kier molecular flexibility index (Phi) is 4.05. The molecule has 0 bridgehead atoms. The Hall–Kier alpha value is -2.23. The van der Waals surface area contributed by atoms with Crippen molar-refractivity contribution in [3.8, 4) is 0 Å². The number of ether oxygens (including phenoxy) is 1. The summed E-state index contributed by atoms with van der Waals surface area (Å²) < 4.78 is 7.11. The summed E-state index contributed by atoms with van der Waals surface area (Å²) in [5.74, 6) is 0.462. The lowest BCUT2D eigenvalue weighted by molar-refractivity contribution is 0.122. The molecule has 0 spiro atoms. The van der Waals surface area contributed by atoms with E-state index in [1.807, 2.05) is 0 Å². The summed E-state index contributed by atoms with van der Waals surface area (Å²) in [5, 5.41) is 1.13. The third kappa shape index (κ3) is 2.93. The van der Waals surface area contributed by atoms with Crippen molar-refractivity contribution in [2.24, 2.45) is 0 Å². The number of aromatic nitrogens is 4. The summed E-state index contributed by atoms with van der Waals surface area (Å²) in [6, 6.07) is 5.13. The van der Waals surface area contributed by atoms with Crippen molar-refractivity contribution in [2.75, 3.05) is 36.6 Å². The zero-order valence-electron chi connectivity index (χ0n) is 12.5. The molecule has 1 saturated heterocycles. The quantitative estimate of drug-likeness (QED) is 0.707. The maximum Gasteiger partial charge on any atom is 0.291 e. The van der Waals surface area contributed by atoms with E-state index < -0.39 is 0 Å². The summed E-state index contributed by atoms with van der Waals surface area (Å²) in [6.45, 7) is 2.85. The summed E-state index contributed by atoms with van der Waals surface area (Å²) in [6.07, 6.45) is 1.40. The molecule has 0 atom stereocenters. The van der Waals surface area contributed by atoms with Gasteiger partial charge in [-0.3, -0.25) is 10.2 Å². The Morgan fingerprint density at radius 1 is 1.25 bits per heavy atom. The smallest absolute Gasteiger partial charge is 0.291 e. The molecule has 3 aromatic heterocycles. The number of halogens is 1. The second-order valence-electron chi connectivity index (χ2n) is 5.13. The monoisotopic (exact) mass is 364 g/mol. The van der Waals surface area contributed by atoms with Gasteiger partial charge in [-0.15, -0.1) is 0 Å². The number of thiazole rings is 1. The molecule has 1 fully saturated rings. The molecule has 24 heavy (non-hydrogen) atoms. The van der Waals surface area contributed by atoms with Crippen LogP contribution in [0.2, 0.25) is 5.15 Å². The number of morpholine rings is 1. The van der Waals surface area contributed by atoms with Gasteiger partial charge in [-0.2, -0.15) is 4.98 Å². The molecule has 0 radical (unpaired) electrons. The van der Waals surface area contributed by atoms with Crippen molar-refractivity contribution in [3.05, 3.63) is 40.0 Å². The van der Waals surface area contributed by atoms with Crippen LogP contribution >= 0.6 is 22.9 Å². The number of pyridine rings is 1. The molecule has 0 aromatic carbocycles. The molecule has 3 aromatic rings. The fraction of sp³-hybridized carbons (Fsp3) is 0.286. The van der Waals surface area contributed by atoms with Crippen LogP contribution in [-0.4, -0.2) is 45.9 Å². The van der Waals surface area contributed by atoms with Gasteiger partial charge in [0.1, 0.15) is 22.0 Å². The Balaban J connectivity index is 1.68. The van der Waals surface area contributed by atoms with Crippen LogP contribution in [0.4, 0.5) is 10.9 Å². The Morgan fingerprint density at radius 2 is 2.08 bits per heavy atom. The molecular weight excluding hydrogens is 352 g/mol. The van der Waals surface area contributed by atoms with Crippen molar-refractivity contribution in [1.82, 2.24) is 19.6 Å². The lowest BCUT2D eigenvalue weighted by Crippen LogP contribution is -2.36. The maximum atomic E-state index is 12.6. The van der Waals surface area contributed by atoms with Gasteiger partial charge in [0, 0.05) is 13.1 Å². The van der Waals surface area contributed by atoms with Gasteiger partial charge in [-0.05, 0) is 12.1 Å². The van der Waals surface area contributed by atoms with E-state index in [0.29, 0.717) is 34.5 Å². The van der Waals surface area contributed by atoms with E-state index in [9.17, 15) is 4.79 Å². The molecule has 1 aliphatic heterocycles. The van der Waals surface area contributed by atoms with Gasteiger partial charge in [-0.1, -0.05) is 29.0 Å². The molecule has 1 aliphatic rings. The fourth-order valence-electron chi connectivity index (χ4n) is 2.37. The van der Waals surface area contributed by atoms with Gasteiger partial charge >= 0.3 is 0 Å². The number of hydrogen-bond acceptors (Lipinski definition) is 8. The lowest BCUT2D eigenvalue weighted by atomic mass is 10.5. The molecule has 0 aliphatic carbocycles. The number of rotatable bonds is 3. The summed E-state index contributed by atoms with van der Waals surface area (Å²) in [5.41, 5.74) is 3.11. The van der Waals surface area contributed by atoms with E-state index >= 15 is 0 Å². The van der Waals surface area contributed by atoms with Gasteiger partial charge in [0.2, 0.25) is 0 Å². The third-order valence-electron chi connectivity index (χ3n) is 3.54. The zero-order chi connectivity index (χ0) is 16.5. The minimum atomic E-state index is -0.223. The number of fused-ring (bicyclic) bond motifs is 1. The fourth-order valence-corrected chi connectivity index (χ4v) is 3.53. The van der Waals surface area contributed by atoms with E-state index in [1.54, 1.807) is 18.2 Å². The average Bonchev–Trinajstić information content (AvgIpc) is 3.03. The molecule has 4 rings (SSSR count). The second kappa shape index (κ2) is 6.34. The Morgan fingerprint density at radius 3 is 2.88 bits per heavy atom. The van der Waals surface area contributed by atoms with Crippen LogP contribution in [0.5, 0.6) is 0 Å². The van der Waals surface area contributed by atoms with Crippen molar-refractivity contribution in [2.45, 2.75) is 0 Å². The predicted molar refractivity (Wildman–Crippen MR) is 93.0 cm³/mol. The molecule has 1 N–H and O–H groups in total. The van der Waals surface area contributed by atoms with Crippen molar-refractivity contribution >= 4 is 44.2 Å². The summed E-state index contributed by atoms with van der Waals surface area (Å²) in [7, 11) is 0. The largest absolute Gasteiger partial charge is 0.378 e. The molecule has 0 saturated carbocycles. The summed E-state index contributed by atoms with van der Waals surface area (Å²) >= 11 is 7.19. The minimum Gasteiger partial charge on any atom is -0.378 e. The van der Waals surface area contributed by atoms with Crippen LogP contribution < -0.4 is 15.9 Å². The molecule has 10 heteroatoms. The van der Waals surface area contributed by atoms with E-state index in [0.717, 1.165) is 18.2 Å². The Bertz CT molecular complexity index is 936. The van der Waals surface area contributed by atoms with E-state index in [-0.39, 0.29) is 5.56 Å². The van der Waals surface area contributed by atoms with Crippen molar-refractivity contribution < 1.29 is 4.74 Å². The first-order valence-electron chi connectivity index (χ1n) is 7.31. The molecule has 0 amide bonds. The van der Waals surface area contributed by atoms with Crippen LogP contribution in [0, 0.1) is 0 Å². The Labute approximate surface area is 145 Å². The van der Waals surface area contributed by atoms with Gasteiger partial charge in [0.15, 0.2) is 10.8 Å². The molecule has 0 unspecified atom stereocenters. The molecule has 124 valence electrons. The topological polar surface area (TPSA) is 85.2 Å². The summed E-state index contributed by atoms with van der Waals surface area (Å²) in [4.78, 5) is 27.6. The van der Waals surface area contributed by atoms with E-state index in [2.05, 4.69) is 25.3 Å². The van der Waals surface area contributed by atoms with Gasteiger partial charge in [0.05, 0.1) is 13.2 Å². The first kappa shape index (κ1) is 15.3. The highest BCUT2D eigenvalue weighted by Crippen LogP contribution is 2.25. The van der Waals surface area contributed by atoms with E-state index in [4.69, 9.17) is 16.3 Å². The van der Waals surface area contributed by atoms with Crippen LogP contribution in [-0.2, 0) is 4.74 Å². The lowest BCUT2D eigenvalue weighted by Gasteiger charge is -2.25. The number of hydrogen-bond donors (Lipinski definition) is 1. The van der Waals surface area contributed by atoms with E-state index in [1.165, 1.54) is 22.3 Å². The first-order chi connectivity index (χ1) is 11.7. The highest BCUT2D eigenvalue weighted by atomic mass is 35.5. The molecular formula is C14H13ClN6O2S. The third-order valence-corrected chi connectivity index (χ3v) is 4.84. The SMILES string of the molecule is O=c1c2sc(N3CCOCC3)nc2ncn1Nc1cccc(Cl)n1. The van der Waals surface area contributed by atoms with Crippen LogP contribution in [0.25, 0.3) is 10.3 Å². The highest BCUT2D eigenvalue weighted by Gasteiger charge is 2.18. The number of nitrogens with zero attached hydrogens (tertiary/aromatic N) is 5. The van der Waals surface area contributed by atoms with Crippen molar-refractivity contribution in [3.63, 3.8) is 0 Å². The molecule has 4 heterocycles.